The number of rotatable bonds is 5. The first-order valence-electron chi connectivity index (χ1n) is 8.74. The maximum absolute atomic E-state index is 12.7. The molecule has 0 aliphatic carbocycles. The minimum absolute atomic E-state index is 0.0112. The summed E-state index contributed by atoms with van der Waals surface area (Å²) in [6.45, 7) is -0.733. The van der Waals surface area contributed by atoms with Crippen molar-refractivity contribution in [3.05, 3.63) is 41.5 Å². The van der Waals surface area contributed by atoms with E-state index in [1.165, 1.54) is 24.3 Å². The molecule has 1 saturated heterocycles. The highest BCUT2D eigenvalue weighted by molar-refractivity contribution is 6.13. The summed E-state index contributed by atoms with van der Waals surface area (Å²) in [6.07, 6.45) is -8.34. The molecule has 0 saturated carbocycles. The number of phenols is 4. The van der Waals surface area contributed by atoms with Crippen LogP contribution in [0.4, 0.5) is 0 Å². The summed E-state index contributed by atoms with van der Waals surface area (Å²) < 4.78 is 10.4. The number of aromatic hydroxyl groups is 4. The zero-order valence-corrected chi connectivity index (χ0v) is 15.3. The maximum Gasteiger partial charge on any atom is 0.229 e. The van der Waals surface area contributed by atoms with Gasteiger partial charge in [-0.1, -0.05) is 0 Å². The van der Waals surface area contributed by atoms with Crippen LogP contribution in [0.1, 0.15) is 15.9 Å². The van der Waals surface area contributed by atoms with E-state index >= 15 is 0 Å². The number of benzene rings is 2. The lowest BCUT2D eigenvalue weighted by molar-refractivity contribution is -0.277. The predicted molar refractivity (Wildman–Crippen MR) is 97.4 cm³/mol. The number of aliphatic hydroxyl groups excluding tert-OH is 4. The topological polar surface area (TPSA) is 197 Å². The fraction of sp³-hybridized carbons (Fsp3) is 0.316. The number of carbonyl (C=O) groups excluding carboxylic acids is 1. The molecule has 3 rings (SSSR count). The normalized spacial score (nSPS) is 26.3. The summed E-state index contributed by atoms with van der Waals surface area (Å²) in [5, 5.41) is 78.9. The van der Waals surface area contributed by atoms with Crippen LogP contribution in [0, 0.1) is 0 Å². The molecule has 11 nitrogen and oxygen atoms in total. The second kappa shape index (κ2) is 8.34. The largest absolute Gasteiger partial charge is 0.508 e. The van der Waals surface area contributed by atoms with E-state index in [4.69, 9.17) is 9.47 Å². The van der Waals surface area contributed by atoms with Crippen molar-refractivity contribution in [3.63, 3.8) is 0 Å². The number of hydrogen-bond donors (Lipinski definition) is 8. The standard InChI is InChI=1S/C19H20O11/c20-6-11-14(25)16(27)17(28)19(29-11)30-18-10(23)5-9(22)12(15(18)26)13(24)7-1-3-8(21)4-2-7/h1-5,11,14,16-17,19-23,25-28H,6H2/t11-,14-,16+,17-,19+/m1/s1. The van der Waals surface area contributed by atoms with Gasteiger partial charge < -0.3 is 50.3 Å². The van der Waals surface area contributed by atoms with Gasteiger partial charge in [0.15, 0.2) is 11.5 Å². The van der Waals surface area contributed by atoms with Gasteiger partial charge in [0.25, 0.3) is 0 Å². The molecule has 0 aromatic heterocycles. The van der Waals surface area contributed by atoms with Gasteiger partial charge >= 0.3 is 0 Å². The van der Waals surface area contributed by atoms with Crippen molar-refractivity contribution < 1.29 is 55.1 Å². The van der Waals surface area contributed by atoms with Crippen LogP contribution >= 0.6 is 0 Å². The molecule has 30 heavy (non-hydrogen) atoms. The van der Waals surface area contributed by atoms with Crippen molar-refractivity contribution in [2.45, 2.75) is 30.7 Å². The van der Waals surface area contributed by atoms with Gasteiger partial charge in [-0.3, -0.25) is 4.79 Å². The van der Waals surface area contributed by atoms with Gasteiger partial charge in [0.05, 0.1) is 6.61 Å². The van der Waals surface area contributed by atoms with E-state index in [0.29, 0.717) is 6.07 Å². The molecule has 1 aliphatic heterocycles. The molecule has 2 aromatic carbocycles. The van der Waals surface area contributed by atoms with Crippen LogP contribution in [0.3, 0.4) is 0 Å². The van der Waals surface area contributed by atoms with E-state index in [0.717, 1.165) is 0 Å². The summed E-state index contributed by atoms with van der Waals surface area (Å²) in [7, 11) is 0. The highest BCUT2D eigenvalue weighted by Crippen LogP contribution is 2.45. The van der Waals surface area contributed by atoms with Crippen LogP contribution in [-0.2, 0) is 4.74 Å². The molecule has 0 unspecified atom stereocenters. The monoisotopic (exact) mass is 424 g/mol. The fourth-order valence-electron chi connectivity index (χ4n) is 3.00. The Bertz CT molecular complexity index is 925. The van der Waals surface area contributed by atoms with Crippen LogP contribution in [-0.4, -0.2) is 83.9 Å². The number of carbonyl (C=O) groups is 1. The van der Waals surface area contributed by atoms with Gasteiger partial charge in [0, 0.05) is 11.6 Å². The van der Waals surface area contributed by atoms with Crippen molar-refractivity contribution in [2.75, 3.05) is 6.61 Å². The molecule has 0 bridgehead atoms. The van der Waals surface area contributed by atoms with Crippen LogP contribution in [0.5, 0.6) is 28.7 Å². The van der Waals surface area contributed by atoms with E-state index < -0.39 is 71.7 Å². The molecule has 1 heterocycles. The number of aliphatic hydroxyl groups is 4. The van der Waals surface area contributed by atoms with Gasteiger partial charge in [-0.2, -0.15) is 0 Å². The number of phenolic OH excluding ortho intramolecular Hbond substituents is 4. The average molecular weight is 424 g/mol. The van der Waals surface area contributed by atoms with Gasteiger partial charge in [0.2, 0.25) is 17.8 Å². The van der Waals surface area contributed by atoms with Crippen molar-refractivity contribution in [3.8, 4) is 28.7 Å². The van der Waals surface area contributed by atoms with Gasteiger partial charge in [-0.15, -0.1) is 0 Å². The Hall–Kier alpha value is -3.09. The van der Waals surface area contributed by atoms with Crippen molar-refractivity contribution in [1.82, 2.24) is 0 Å². The van der Waals surface area contributed by atoms with Crippen LogP contribution < -0.4 is 4.74 Å². The van der Waals surface area contributed by atoms with Crippen molar-refractivity contribution in [1.29, 1.82) is 0 Å². The number of hydrogen-bond acceptors (Lipinski definition) is 11. The molecule has 2 aromatic rings. The fourth-order valence-corrected chi connectivity index (χ4v) is 3.00. The molecule has 0 spiro atoms. The zero-order valence-electron chi connectivity index (χ0n) is 15.3. The Labute approximate surface area is 169 Å². The van der Waals surface area contributed by atoms with E-state index in [1.54, 1.807) is 0 Å². The van der Waals surface area contributed by atoms with E-state index in [1.807, 2.05) is 0 Å². The minimum Gasteiger partial charge on any atom is -0.508 e. The Kier molecular flexibility index (Phi) is 6.01. The van der Waals surface area contributed by atoms with E-state index in [9.17, 15) is 45.6 Å². The Morgan fingerprint density at radius 1 is 0.933 bits per heavy atom. The number of ketones is 1. The van der Waals surface area contributed by atoms with E-state index in [2.05, 4.69) is 0 Å². The van der Waals surface area contributed by atoms with Crippen LogP contribution in [0.15, 0.2) is 30.3 Å². The Morgan fingerprint density at radius 3 is 2.17 bits per heavy atom. The average Bonchev–Trinajstić information content (AvgIpc) is 2.71. The van der Waals surface area contributed by atoms with E-state index in [-0.39, 0.29) is 11.3 Å². The third-order valence-corrected chi connectivity index (χ3v) is 4.65. The van der Waals surface area contributed by atoms with Gasteiger partial charge in [-0.25, -0.2) is 0 Å². The molecular formula is C19H20O11. The maximum atomic E-state index is 12.7. The molecule has 5 atom stereocenters. The molecule has 162 valence electrons. The Balaban J connectivity index is 1.97. The molecule has 8 N–H and O–H groups in total. The first-order valence-corrected chi connectivity index (χ1v) is 8.74. The first kappa shape index (κ1) is 21.6. The second-order valence-corrected chi connectivity index (χ2v) is 6.66. The summed E-state index contributed by atoms with van der Waals surface area (Å²) in [4.78, 5) is 12.7. The molecular weight excluding hydrogens is 404 g/mol. The smallest absolute Gasteiger partial charge is 0.229 e. The summed E-state index contributed by atoms with van der Waals surface area (Å²) >= 11 is 0. The van der Waals surface area contributed by atoms with Crippen LogP contribution in [0.25, 0.3) is 0 Å². The lowest BCUT2D eigenvalue weighted by Gasteiger charge is -2.39. The van der Waals surface area contributed by atoms with Crippen molar-refractivity contribution >= 4 is 5.78 Å². The van der Waals surface area contributed by atoms with Gasteiger partial charge in [0.1, 0.15) is 41.5 Å². The molecule has 1 aliphatic rings. The molecule has 1 fully saturated rings. The zero-order chi connectivity index (χ0) is 22.2. The molecule has 0 radical (unpaired) electrons. The number of ether oxygens (including phenoxy) is 2. The lowest BCUT2D eigenvalue weighted by atomic mass is 9.99. The summed E-state index contributed by atoms with van der Waals surface area (Å²) in [5.74, 6) is -4.31. The molecule has 0 amide bonds. The Morgan fingerprint density at radius 2 is 1.57 bits per heavy atom. The summed E-state index contributed by atoms with van der Waals surface area (Å²) in [5.41, 5.74) is -0.652. The SMILES string of the molecule is O=C(c1ccc(O)cc1)c1c(O)cc(O)c(O[C@@H]2O[C@H](CO)[C@@H](O)[C@H](O)[C@H]2O)c1O. The second-order valence-electron chi connectivity index (χ2n) is 6.66. The first-order chi connectivity index (χ1) is 14.1. The predicted octanol–water partition coefficient (Wildman–Crippen LogP) is -1.08. The highest BCUT2D eigenvalue weighted by atomic mass is 16.7. The molecule has 11 heteroatoms. The third kappa shape index (κ3) is 3.84. The highest BCUT2D eigenvalue weighted by Gasteiger charge is 2.45. The van der Waals surface area contributed by atoms with Gasteiger partial charge in [-0.05, 0) is 24.3 Å². The van der Waals surface area contributed by atoms with Crippen LogP contribution in [0.2, 0.25) is 0 Å². The third-order valence-electron chi connectivity index (χ3n) is 4.65. The quantitative estimate of drug-likeness (QED) is 0.272. The van der Waals surface area contributed by atoms with Crippen molar-refractivity contribution in [2.24, 2.45) is 0 Å². The lowest BCUT2D eigenvalue weighted by Crippen LogP contribution is -2.60. The summed E-state index contributed by atoms with van der Waals surface area (Å²) in [6, 6.07) is 5.62. The minimum atomic E-state index is -1.84.